The first kappa shape index (κ1) is 53.9. The van der Waals surface area contributed by atoms with Crippen LogP contribution in [0.4, 0.5) is 0 Å². The van der Waals surface area contributed by atoms with Gasteiger partial charge in [0.1, 0.15) is 36.8 Å². The van der Waals surface area contributed by atoms with Gasteiger partial charge >= 0.3 is 7.82 Å². The number of aromatic nitrogens is 4. The molecule has 1 aromatic carbocycles. The third-order valence-corrected chi connectivity index (χ3v) is 13.0. The lowest BCUT2D eigenvalue weighted by Gasteiger charge is -2.28. The summed E-state index contributed by atoms with van der Waals surface area (Å²) in [6.07, 6.45) is 6.20. The number of aliphatic hydroxyl groups excluding tert-OH is 1. The Hall–Kier alpha value is -6.04. The fourth-order valence-electron chi connectivity index (χ4n) is 7.89. The molecule has 6 atom stereocenters. The molecule has 25 heteroatoms. The normalized spacial score (nSPS) is 16.2. The van der Waals surface area contributed by atoms with Gasteiger partial charge in [0.25, 0.3) is 0 Å². The smallest absolute Gasteiger partial charge is 0.396 e. The largest absolute Gasteiger partial charge is 0.469 e. The molecule has 0 radical (unpaired) electrons. The second-order valence-corrected chi connectivity index (χ2v) is 19.5. The molecule has 4 heterocycles. The van der Waals surface area contributed by atoms with Gasteiger partial charge in [0, 0.05) is 50.2 Å². The minimum Gasteiger partial charge on any atom is -0.396 e. The van der Waals surface area contributed by atoms with Crippen molar-refractivity contribution < 1.29 is 57.6 Å². The van der Waals surface area contributed by atoms with Crippen LogP contribution in [0.2, 0.25) is 0 Å². The Kier molecular flexibility index (Phi) is 19.5. The van der Waals surface area contributed by atoms with E-state index in [1.807, 2.05) is 57.3 Å². The lowest BCUT2D eigenvalue weighted by Crippen LogP contribution is -2.61. The summed E-state index contributed by atoms with van der Waals surface area (Å²) in [5, 5.41) is 24.3. The lowest BCUT2D eigenvalue weighted by molar-refractivity contribution is -0.139. The SMILES string of the molecule is CC(=O)N1CCC[C@H]1C(=O)N[C@@H](CC(C)C)C(=O)N[C@@H](Cc1cncn1CCCCCO/N=C/c1ccc(-c2nc3ccccc3n2C)s1)C(=O)N[C@@H](CO)C(=O)N[C@H](C(N)=O)[C@@H](C)OP(=O)(O)O. The highest BCUT2D eigenvalue weighted by atomic mass is 32.1. The summed E-state index contributed by atoms with van der Waals surface area (Å²) < 4.78 is 19.8. The number of aliphatic hydroxyl groups is 1. The number of hydrogen-bond donors (Lipinski definition) is 8. The highest BCUT2D eigenvalue weighted by Gasteiger charge is 2.37. The number of aryl methyl sites for hydroxylation is 2. The molecule has 0 unspecified atom stereocenters. The molecule has 1 saturated heterocycles. The van der Waals surface area contributed by atoms with Gasteiger partial charge in [0.15, 0.2) is 5.82 Å². The molecule has 5 rings (SSSR count). The van der Waals surface area contributed by atoms with E-state index in [4.69, 9.17) is 15.6 Å². The van der Waals surface area contributed by atoms with Gasteiger partial charge in [0.05, 0.1) is 41.2 Å². The Bertz CT molecular complexity index is 2500. The molecule has 0 bridgehead atoms. The van der Waals surface area contributed by atoms with Crippen LogP contribution < -0.4 is 27.0 Å². The van der Waals surface area contributed by atoms with Crippen LogP contribution in [-0.2, 0) is 62.7 Å². The molecule has 9 N–H and O–H groups in total. The maximum atomic E-state index is 14.1. The maximum absolute atomic E-state index is 14.1. The summed E-state index contributed by atoms with van der Waals surface area (Å²) in [7, 11) is -3.15. The fraction of sp³-hybridized carbons (Fsp3) is 0.523. The molecular formula is C44H62N11O12PS. The predicted octanol–water partition coefficient (Wildman–Crippen LogP) is 1.23. The third kappa shape index (κ3) is 15.5. The van der Waals surface area contributed by atoms with Crippen LogP contribution in [-0.4, -0.2) is 137 Å². The molecule has 376 valence electrons. The summed E-state index contributed by atoms with van der Waals surface area (Å²) >= 11 is 1.55. The number of carbonyl (C=O) groups excluding carboxylic acids is 6. The Labute approximate surface area is 402 Å². The maximum Gasteiger partial charge on any atom is 0.469 e. The molecule has 1 fully saturated rings. The van der Waals surface area contributed by atoms with Crippen molar-refractivity contribution in [2.24, 2.45) is 23.9 Å². The van der Waals surface area contributed by atoms with Crippen LogP contribution in [0, 0.1) is 5.92 Å². The minimum absolute atomic E-state index is 0.106. The molecule has 3 aromatic heterocycles. The van der Waals surface area contributed by atoms with E-state index in [2.05, 4.69) is 40.5 Å². The number of benzene rings is 1. The number of nitrogens with one attached hydrogen (secondary N) is 4. The zero-order chi connectivity index (χ0) is 50.4. The number of amides is 6. The first-order chi connectivity index (χ1) is 32.8. The number of nitrogens with zero attached hydrogens (tertiary/aromatic N) is 6. The molecule has 1 aliphatic heterocycles. The zero-order valence-corrected chi connectivity index (χ0v) is 40.9. The molecule has 4 aromatic rings. The number of likely N-dealkylation sites (tertiary alicyclic amines) is 1. The standard InChI is InChI=1S/C44H62N11O12PS/c1-26(2)20-32(50-44(62)36-14-11-18-55(36)28(4)57)41(59)49-33(42(60)51-34(24-56)43(61)52-38(39(45)58)27(3)67-68(63,64)65)21-29-22-46-25-54(29)17-9-6-10-19-66-47-23-30-15-16-37(69-30)40-48-31-12-7-8-13-35(31)53(40)5/h7-8,12-13,15-16,22-23,25-27,32-34,36,38,56H,6,9-11,14,17-21,24H2,1-5H3,(H2,45,58)(H,49,59)(H,50,62)(H,51,60)(H,52,61)(H2,63,64,65)/b47-23+/t27-,32+,33+,34+,36+,38+/m1/s1. The Morgan fingerprint density at radius 2 is 1.68 bits per heavy atom. The Morgan fingerprint density at radius 1 is 0.971 bits per heavy atom. The van der Waals surface area contributed by atoms with Gasteiger partial charge in [-0.2, -0.15) is 0 Å². The van der Waals surface area contributed by atoms with E-state index >= 15 is 0 Å². The van der Waals surface area contributed by atoms with Crippen LogP contribution in [0.3, 0.4) is 0 Å². The van der Waals surface area contributed by atoms with E-state index in [-0.39, 0.29) is 24.7 Å². The van der Waals surface area contributed by atoms with Crippen LogP contribution in [0.15, 0.2) is 54.1 Å². The van der Waals surface area contributed by atoms with E-state index in [9.17, 15) is 48.2 Å². The van der Waals surface area contributed by atoms with E-state index < -0.39 is 80.3 Å². The highest BCUT2D eigenvalue weighted by Crippen LogP contribution is 2.38. The van der Waals surface area contributed by atoms with Crippen molar-refractivity contribution in [3.63, 3.8) is 0 Å². The summed E-state index contributed by atoms with van der Waals surface area (Å²) in [5.74, 6) is -4.12. The number of nitrogens with two attached hydrogens (primary N) is 1. The molecular weight excluding hydrogens is 938 g/mol. The number of carbonyl (C=O) groups is 6. The molecule has 23 nitrogen and oxygen atoms in total. The Balaban J connectivity index is 1.22. The topological polar surface area (TPSA) is 324 Å². The second kappa shape index (κ2) is 25.0. The molecule has 1 aliphatic rings. The van der Waals surface area contributed by atoms with Crippen molar-refractivity contribution in [2.75, 3.05) is 19.8 Å². The van der Waals surface area contributed by atoms with Crippen LogP contribution in [0.25, 0.3) is 21.7 Å². The number of phosphoric acid groups is 1. The molecule has 0 spiro atoms. The quantitative estimate of drug-likeness (QED) is 0.0190. The Morgan fingerprint density at radius 3 is 2.36 bits per heavy atom. The fourth-order valence-corrected chi connectivity index (χ4v) is 9.34. The number of imidazole rings is 2. The number of phosphoric ester groups is 1. The summed E-state index contributed by atoms with van der Waals surface area (Å²) in [5.41, 5.74) is 7.84. The predicted molar refractivity (Wildman–Crippen MR) is 254 cm³/mol. The van der Waals surface area contributed by atoms with E-state index in [1.54, 1.807) is 28.4 Å². The first-order valence-corrected chi connectivity index (χ1v) is 24.9. The van der Waals surface area contributed by atoms with Crippen LogP contribution >= 0.6 is 19.2 Å². The number of oxime groups is 1. The average molecular weight is 1000 g/mol. The second-order valence-electron chi connectivity index (χ2n) is 17.2. The molecule has 6 amide bonds. The first-order valence-electron chi connectivity index (χ1n) is 22.5. The minimum atomic E-state index is -5.13. The van der Waals surface area contributed by atoms with Gasteiger partial charge in [-0.3, -0.25) is 33.3 Å². The molecule has 69 heavy (non-hydrogen) atoms. The van der Waals surface area contributed by atoms with Gasteiger partial charge in [-0.25, -0.2) is 14.5 Å². The van der Waals surface area contributed by atoms with Crippen LogP contribution in [0.1, 0.15) is 76.8 Å². The van der Waals surface area contributed by atoms with Gasteiger partial charge in [0.2, 0.25) is 35.4 Å². The summed E-state index contributed by atoms with van der Waals surface area (Å²) in [6, 6.07) is 5.00. The lowest BCUT2D eigenvalue weighted by atomic mass is 10.0. The molecule has 0 saturated carbocycles. The van der Waals surface area contributed by atoms with Crippen molar-refractivity contribution in [3.05, 3.63) is 59.5 Å². The monoisotopic (exact) mass is 999 g/mol. The van der Waals surface area contributed by atoms with Gasteiger partial charge in [-0.1, -0.05) is 31.1 Å². The van der Waals surface area contributed by atoms with E-state index in [0.717, 1.165) is 40.0 Å². The number of thiophene rings is 1. The van der Waals surface area contributed by atoms with E-state index in [0.29, 0.717) is 51.1 Å². The highest BCUT2D eigenvalue weighted by molar-refractivity contribution is 7.46. The van der Waals surface area contributed by atoms with Gasteiger partial charge in [-0.05, 0) is 75.6 Å². The number of rotatable bonds is 26. The third-order valence-electron chi connectivity index (χ3n) is 11.4. The van der Waals surface area contributed by atoms with Crippen molar-refractivity contribution in [2.45, 2.75) is 115 Å². The number of fused-ring (bicyclic) bond motifs is 1. The van der Waals surface area contributed by atoms with Crippen molar-refractivity contribution in [1.29, 1.82) is 0 Å². The van der Waals surface area contributed by atoms with Crippen molar-refractivity contribution in [1.82, 2.24) is 45.3 Å². The van der Waals surface area contributed by atoms with Crippen molar-refractivity contribution in [3.8, 4) is 10.7 Å². The average Bonchev–Trinajstić information content (AvgIpc) is 4.12. The number of hydrogen-bond acceptors (Lipinski definition) is 14. The van der Waals surface area contributed by atoms with Crippen LogP contribution in [0.5, 0.6) is 0 Å². The van der Waals surface area contributed by atoms with Crippen molar-refractivity contribution >= 4 is 71.9 Å². The summed E-state index contributed by atoms with van der Waals surface area (Å²) in [4.78, 5) is 116. The summed E-state index contributed by atoms with van der Waals surface area (Å²) in [6.45, 7) is 6.33. The number of unbranched alkanes of at least 4 members (excludes halogenated alkanes) is 2. The van der Waals surface area contributed by atoms with Gasteiger partial charge < -0.3 is 60.8 Å². The number of para-hydroxylation sites is 2. The number of primary amides is 1. The van der Waals surface area contributed by atoms with Gasteiger partial charge in [-0.15, -0.1) is 11.3 Å². The molecule has 0 aliphatic carbocycles. The van der Waals surface area contributed by atoms with E-state index in [1.165, 1.54) is 18.0 Å². The zero-order valence-electron chi connectivity index (χ0n) is 39.1.